The van der Waals surface area contributed by atoms with Gasteiger partial charge < -0.3 is 5.32 Å². The van der Waals surface area contributed by atoms with Gasteiger partial charge in [0.25, 0.3) is 0 Å². The number of carbonyl (C=O) groups excluding carboxylic acids is 1. The fourth-order valence-corrected chi connectivity index (χ4v) is 2.43. The van der Waals surface area contributed by atoms with Crippen LogP contribution in [0.2, 0.25) is 0 Å². The van der Waals surface area contributed by atoms with E-state index >= 15 is 0 Å². The van der Waals surface area contributed by atoms with Crippen molar-refractivity contribution in [3.05, 3.63) is 34.9 Å². The summed E-state index contributed by atoms with van der Waals surface area (Å²) in [6.45, 7) is 6.66. The summed E-state index contributed by atoms with van der Waals surface area (Å²) in [6, 6.07) is 6.07. The van der Waals surface area contributed by atoms with Crippen molar-refractivity contribution in [3.8, 4) is 0 Å². The molecule has 0 spiro atoms. The first-order valence-corrected chi connectivity index (χ1v) is 7.14. The zero-order valence-corrected chi connectivity index (χ0v) is 12.5. The zero-order chi connectivity index (χ0) is 14.0. The molecule has 1 amide bonds. The molecule has 1 N–H and O–H groups in total. The number of alkyl halides is 1. The van der Waals surface area contributed by atoms with E-state index in [2.05, 4.69) is 38.2 Å². The van der Waals surface area contributed by atoms with Crippen molar-refractivity contribution in [2.45, 2.75) is 33.6 Å². The van der Waals surface area contributed by atoms with E-state index in [1.54, 1.807) is 0 Å². The van der Waals surface area contributed by atoms with Gasteiger partial charge in [0.15, 0.2) is 0 Å². The van der Waals surface area contributed by atoms with E-state index in [0.717, 1.165) is 17.7 Å². The van der Waals surface area contributed by atoms with E-state index in [1.165, 1.54) is 11.1 Å². The van der Waals surface area contributed by atoms with Crippen molar-refractivity contribution in [3.63, 3.8) is 0 Å². The monoisotopic (exact) mass is 277 g/mol. The van der Waals surface area contributed by atoms with Crippen molar-refractivity contribution in [1.29, 1.82) is 0 Å². The molecule has 2 rings (SSSR count). The van der Waals surface area contributed by atoms with Crippen molar-refractivity contribution in [2.75, 3.05) is 11.2 Å². The number of allylic oxidation sites excluding steroid dienone is 1. The number of amides is 1. The van der Waals surface area contributed by atoms with Gasteiger partial charge in [-0.1, -0.05) is 44.6 Å². The third kappa shape index (κ3) is 3.19. The Morgan fingerprint density at radius 2 is 2.11 bits per heavy atom. The molecule has 0 heterocycles. The number of halogens is 1. The van der Waals surface area contributed by atoms with Crippen LogP contribution in [-0.2, 0) is 11.2 Å². The average molecular weight is 278 g/mol. The minimum Gasteiger partial charge on any atom is -0.325 e. The van der Waals surface area contributed by atoms with Crippen LogP contribution in [0.5, 0.6) is 0 Å². The quantitative estimate of drug-likeness (QED) is 0.823. The molecule has 19 heavy (non-hydrogen) atoms. The molecule has 0 aliphatic heterocycles. The molecule has 1 aromatic carbocycles. The standard InChI is InChI=1S/C16H20ClNO/c1-16(2,3)12-9-11-5-4-6-14(13(11)10-12)18-15(19)7-8-17/h4-6,10H,7-9H2,1-3H3,(H,18,19). The third-order valence-electron chi connectivity index (χ3n) is 3.45. The lowest BCUT2D eigenvalue weighted by molar-refractivity contribution is -0.115. The highest BCUT2D eigenvalue weighted by atomic mass is 35.5. The highest BCUT2D eigenvalue weighted by molar-refractivity contribution is 6.19. The lowest BCUT2D eigenvalue weighted by Crippen LogP contribution is -2.12. The Hall–Kier alpha value is -1.28. The second-order valence-corrected chi connectivity index (χ2v) is 6.34. The van der Waals surface area contributed by atoms with Crippen molar-refractivity contribution in [2.24, 2.45) is 5.41 Å². The fraction of sp³-hybridized carbons (Fsp3) is 0.438. The average Bonchev–Trinajstić information content (AvgIpc) is 2.74. The van der Waals surface area contributed by atoms with Crippen molar-refractivity contribution >= 4 is 29.3 Å². The first-order chi connectivity index (χ1) is 8.91. The van der Waals surface area contributed by atoms with E-state index in [0.29, 0.717) is 12.3 Å². The van der Waals surface area contributed by atoms with Gasteiger partial charge in [0.2, 0.25) is 5.91 Å². The lowest BCUT2D eigenvalue weighted by atomic mass is 9.85. The minimum atomic E-state index is -0.0268. The number of hydrogen-bond acceptors (Lipinski definition) is 1. The van der Waals surface area contributed by atoms with Gasteiger partial charge in [0, 0.05) is 23.6 Å². The van der Waals surface area contributed by atoms with E-state index in [1.807, 2.05) is 12.1 Å². The number of fused-ring (bicyclic) bond motifs is 1. The smallest absolute Gasteiger partial charge is 0.225 e. The van der Waals surface area contributed by atoms with E-state index in [4.69, 9.17) is 11.6 Å². The van der Waals surface area contributed by atoms with Gasteiger partial charge in [0.1, 0.15) is 0 Å². The number of carbonyl (C=O) groups is 1. The Bertz CT molecular complexity index is 526. The molecular formula is C16H20ClNO. The van der Waals surface area contributed by atoms with Crippen LogP contribution in [-0.4, -0.2) is 11.8 Å². The van der Waals surface area contributed by atoms with Crippen molar-refractivity contribution < 1.29 is 4.79 Å². The molecule has 102 valence electrons. The maximum atomic E-state index is 11.7. The van der Waals surface area contributed by atoms with E-state index < -0.39 is 0 Å². The van der Waals surface area contributed by atoms with Crippen LogP contribution < -0.4 is 5.32 Å². The molecule has 0 saturated carbocycles. The first-order valence-electron chi connectivity index (χ1n) is 6.60. The third-order valence-corrected chi connectivity index (χ3v) is 3.64. The fourth-order valence-electron chi connectivity index (χ4n) is 2.26. The predicted octanol–water partition coefficient (Wildman–Crippen LogP) is 4.24. The van der Waals surface area contributed by atoms with Crippen LogP contribution in [0.1, 0.15) is 38.3 Å². The summed E-state index contributed by atoms with van der Waals surface area (Å²) in [4.78, 5) is 11.7. The maximum absolute atomic E-state index is 11.7. The van der Waals surface area contributed by atoms with Crippen molar-refractivity contribution in [1.82, 2.24) is 0 Å². The summed E-state index contributed by atoms with van der Waals surface area (Å²) < 4.78 is 0. The molecule has 1 aliphatic carbocycles. The minimum absolute atomic E-state index is 0.0268. The van der Waals surface area contributed by atoms with Gasteiger partial charge in [-0.25, -0.2) is 0 Å². The molecule has 0 atom stereocenters. The highest BCUT2D eigenvalue weighted by Gasteiger charge is 2.24. The molecule has 0 bridgehead atoms. The Labute approximate surface area is 119 Å². The van der Waals surface area contributed by atoms with Gasteiger partial charge in [-0.3, -0.25) is 4.79 Å². The van der Waals surface area contributed by atoms with Gasteiger partial charge >= 0.3 is 0 Å². The van der Waals surface area contributed by atoms with Crippen LogP contribution in [0.4, 0.5) is 5.69 Å². The van der Waals surface area contributed by atoms with Crippen LogP contribution in [0, 0.1) is 5.41 Å². The van der Waals surface area contributed by atoms with Gasteiger partial charge in [-0.2, -0.15) is 0 Å². The molecule has 0 aromatic heterocycles. The molecule has 1 aromatic rings. The zero-order valence-electron chi connectivity index (χ0n) is 11.7. The van der Waals surface area contributed by atoms with E-state index in [-0.39, 0.29) is 11.3 Å². The van der Waals surface area contributed by atoms with Gasteiger partial charge in [-0.15, -0.1) is 11.6 Å². The SMILES string of the molecule is CC(C)(C)C1=Cc2c(cccc2NC(=O)CCCl)C1. The van der Waals surface area contributed by atoms with Crippen LogP contribution in [0.3, 0.4) is 0 Å². The Kier molecular flexibility index (Phi) is 4.00. The summed E-state index contributed by atoms with van der Waals surface area (Å²) in [6.07, 6.45) is 3.53. The van der Waals surface area contributed by atoms with Crippen LogP contribution in [0.25, 0.3) is 6.08 Å². The second-order valence-electron chi connectivity index (χ2n) is 5.96. The van der Waals surface area contributed by atoms with Crippen LogP contribution >= 0.6 is 11.6 Å². The number of nitrogens with one attached hydrogen (secondary N) is 1. The van der Waals surface area contributed by atoms with Gasteiger partial charge in [0.05, 0.1) is 0 Å². The Morgan fingerprint density at radius 3 is 2.74 bits per heavy atom. The molecule has 0 radical (unpaired) electrons. The van der Waals surface area contributed by atoms with E-state index in [9.17, 15) is 4.79 Å². The number of hydrogen-bond donors (Lipinski definition) is 1. The van der Waals surface area contributed by atoms with Gasteiger partial charge in [-0.05, 0) is 23.5 Å². The highest BCUT2D eigenvalue weighted by Crippen LogP contribution is 2.39. The second kappa shape index (κ2) is 5.38. The largest absolute Gasteiger partial charge is 0.325 e. The van der Waals surface area contributed by atoms with Crippen LogP contribution in [0.15, 0.2) is 23.8 Å². The molecular weight excluding hydrogens is 258 g/mol. The summed E-state index contributed by atoms with van der Waals surface area (Å²) in [5, 5.41) is 2.95. The Balaban J connectivity index is 2.28. The molecule has 1 aliphatic rings. The molecule has 3 heteroatoms. The summed E-state index contributed by atoms with van der Waals surface area (Å²) in [5.41, 5.74) is 4.90. The first kappa shape index (κ1) is 14.1. The lowest BCUT2D eigenvalue weighted by Gasteiger charge is -2.19. The topological polar surface area (TPSA) is 29.1 Å². The molecule has 2 nitrogen and oxygen atoms in total. The molecule has 0 unspecified atom stereocenters. The number of rotatable bonds is 3. The summed E-state index contributed by atoms with van der Waals surface area (Å²) >= 11 is 5.59. The predicted molar refractivity (Wildman–Crippen MR) is 81.5 cm³/mol. The number of anilines is 1. The summed E-state index contributed by atoms with van der Waals surface area (Å²) in [7, 11) is 0. The maximum Gasteiger partial charge on any atom is 0.225 e. The molecule has 0 saturated heterocycles. The number of benzene rings is 1. The Morgan fingerprint density at radius 1 is 1.37 bits per heavy atom. The normalized spacial score (nSPS) is 14.0. The summed E-state index contributed by atoms with van der Waals surface area (Å²) in [5.74, 6) is 0.324. The molecule has 0 fully saturated rings.